The Morgan fingerprint density at radius 1 is 1.29 bits per heavy atom. The molecular weight excluding hydrogens is 367 g/mol. The molecule has 7 heteroatoms. The van der Waals surface area contributed by atoms with E-state index in [0.29, 0.717) is 6.54 Å². The van der Waals surface area contributed by atoms with Gasteiger partial charge in [0.1, 0.15) is 0 Å². The Bertz CT molecular complexity index is 600. The second-order valence-corrected chi connectivity index (χ2v) is 6.32. The van der Waals surface area contributed by atoms with Crippen molar-refractivity contribution in [3.8, 4) is 0 Å². The van der Waals surface area contributed by atoms with E-state index in [1.54, 1.807) is 11.3 Å². The second-order valence-electron chi connectivity index (χ2n) is 4.46. The maximum Gasteiger partial charge on any atom is 0.416 e. The number of nitrogens with one attached hydrogen (secondary N) is 1. The maximum absolute atomic E-state index is 12.6. The van der Waals surface area contributed by atoms with E-state index >= 15 is 0 Å². The van der Waals surface area contributed by atoms with Crippen LogP contribution in [-0.4, -0.2) is 11.7 Å². The molecule has 1 aromatic carbocycles. The van der Waals surface area contributed by atoms with Crippen LogP contribution in [0.5, 0.6) is 0 Å². The van der Waals surface area contributed by atoms with E-state index < -0.39 is 17.8 Å². The Morgan fingerprint density at radius 3 is 2.67 bits per heavy atom. The molecule has 0 spiro atoms. The van der Waals surface area contributed by atoms with Crippen molar-refractivity contribution in [2.24, 2.45) is 0 Å². The average molecular weight is 380 g/mol. The lowest BCUT2D eigenvalue weighted by molar-refractivity contribution is -0.137. The first-order chi connectivity index (χ1) is 9.88. The predicted molar refractivity (Wildman–Crippen MR) is 80.1 cm³/mol. The normalized spacial score (nSPS) is 13.4. The van der Waals surface area contributed by atoms with Crippen molar-refractivity contribution in [2.45, 2.75) is 18.8 Å². The second kappa shape index (κ2) is 6.91. The van der Waals surface area contributed by atoms with E-state index in [4.69, 9.17) is 0 Å². The number of benzene rings is 1. The molecule has 2 rings (SSSR count). The largest absolute Gasteiger partial charge is 0.416 e. The number of hydrogen-bond acceptors (Lipinski definition) is 3. The van der Waals surface area contributed by atoms with Crippen molar-refractivity contribution in [3.63, 3.8) is 0 Å². The van der Waals surface area contributed by atoms with Gasteiger partial charge in [0, 0.05) is 22.4 Å². The molecule has 0 bridgehead atoms. The van der Waals surface area contributed by atoms with Gasteiger partial charge in [-0.3, -0.25) is 0 Å². The number of hydrogen-bond donors (Lipinski definition) is 2. The summed E-state index contributed by atoms with van der Waals surface area (Å²) in [5.74, 6) is 0. The summed E-state index contributed by atoms with van der Waals surface area (Å²) in [4.78, 5) is 1.08. The van der Waals surface area contributed by atoms with Gasteiger partial charge >= 0.3 is 6.18 Å². The minimum atomic E-state index is -4.40. The number of aliphatic hydroxyl groups is 1. The lowest BCUT2D eigenvalue weighted by Gasteiger charge is -2.14. The van der Waals surface area contributed by atoms with Gasteiger partial charge in [-0.2, -0.15) is 13.2 Å². The van der Waals surface area contributed by atoms with Crippen LogP contribution in [0.15, 0.2) is 40.2 Å². The standard InChI is InChI=1S/C14H13BrF3NOS/c15-11-4-5-21-13(11)8-19-7-12(20)9-2-1-3-10(6-9)14(16,17)18/h1-6,12,19-20H,7-8H2. The van der Waals surface area contributed by atoms with E-state index in [-0.39, 0.29) is 12.1 Å². The first-order valence-corrected chi connectivity index (χ1v) is 7.83. The van der Waals surface area contributed by atoms with Crippen LogP contribution in [0.4, 0.5) is 13.2 Å². The van der Waals surface area contributed by atoms with Gasteiger partial charge in [-0.15, -0.1) is 11.3 Å². The Morgan fingerprint density at radius 2 is 2.05 bits per heavy atom. The van der Waals surface area contributed by atoms with Crippen LogP contribution < -0.4 is 5.32 Å². The van der Waals surface area contributed by atoms with Crippen molar-refractivity contribution < 1.29 is 18.3 Å². The van der Waals surface area contributed by atoms with Crippen LogP contribution >= 0.6 is 27.3 Å². The van der Waals surface area contributed by atoms with E-state index in [1.807, 2.05) is 11.4 Å². The summed E-state index contributed by atoms with van der Waals surface area (Å²) < 4.78 is 38.8. The van der Waals surface area contributed by atoms with Crippen LogP contribution in [0.3, 0.4) is 0 Å². The summed E-state index contributed by atoms with van der Waals surface area (Å²) in [5, 5.41) is 14.9. The number of thiophene rings is 1. The molecule has 0 amide bonds. The van der Waals surface area contributed by atoms with Gasteiger partial charge in [-0.1, -0.05) is 12.1 Å². The molecule has 2 nitrogen and oxygen atoms in total. The minimum absolute atomic E-state index is 0.186. The van der Waals surface area contributed by atoms with Crippen LogP contribution in [0.1, 0.15) is 22.1 Å². The van der Waals surface area contributed by atoms with E-state index in [9.17, 15) is 18.3 Å². The van der Waals surface area contributed by atoms with Crippen molar-refractivity contribution in [1.82, 2.24) is 5.32 Å². The van der Waals surface area contributed by atoms with Crippen LogP contribution in [0.25, 0.3) is 0 Å². The van der Waals surface area contributed by atoms with E-state index in [0.717, 1.165) is 21.5 Å². The zero-order valence-electron chi connectivity index (χ0n) is 10.8. The quantitative estimate of drug-likeness (QED) is 0.808. The molecular formula is C14H13BrF3NOS. The molecule has 1 aromatic heterocycles. The molecule has 0 saturated carbocycles. The van der Waals surface area contributed by atoms with Crippen LogP contribution in [0.2, 0.25) is 0 Å². The number of aliphatic hydroxyl groups excluding tert-OH is 1. The predicted octanol–water partition coefficient (Wildman–Crippen LogP) is 4.35. The topological polar surface area (TPSA) is 32.3 Å². The average Bonchev–Trinajstić information content (AvgIpc) is 2.83. The fourth-order valence-corrected chi connectivity index (χ4v) is 3.28. The van der Waals surface area contributed by atoms with Gasteiger partial charge in [0.15, 0.2) is 0 Å². The number of alkyl halides is 3. The summed E-state index contributed by atoms with van der Waals surface area (Å²) in [5.41, 5.74) is -0.498. The molecule has 0 aliphatic heterocycles. The molecule has 0 aliphatic carbocycles. The molecule has 114 valence electrons. The molecule has 1 heterocycles. The third-order valence-corrected chi connectivity index (χ3v) is 4.84. The van der Waals surface area contributed by atoms with Crippen molar-refractivity contribution >= 4 is 27.3 Å². The van der Waals surface area contributed by atoms with Crippen LogP contribution in [0, 0.1) is 0 Å². The summed E-state index contributed by atoms with van der Waals surface area (Å²) in [6.07, 6.45) is -5.38. The fraction of sp³-hybridized carbons (Fsp3) is 0.286. The smallest absolute Gasteiger partial charge is 0.387 e. The molecule has 1 atom stereocenters. The van der Waals surface area contributed by atoms with E-state index in [1.165, 1.54) is 12.1 Å². The van der Waals surface area contributed by atoms with Gasteiger partial charge in [-0.25, -0.2) is 0 Å². The van der Waals surface area contributed by atoms with Gasteiger partial charge in [0.2, 0.25) is 0 Å². The first kappa shape index (κ1) is 16.5. The highest BCUT2D eigenvalue weighted by Gasteiger charge is 2.30. The molecule has 1 unspecified atom stereocenters. The highest BCUT2D eigenvalue weighted by molar-refractivity contribution is 9.10. The molecule has 0 saturated heterocycles. The molecule has 21 heavy (non-hydrogen) atoms. The Labute approximate surface area is 132 Å². The lowest BCUT2D eigenvalue weighted by atomic mass is 10.1. The summed E-state index contributed by atoms with van der Waals surface area (Å²) in [6, 6.07) is 6.69. The fourth-order valence-electron chi connectivity index (χ4n) is 1.81. The summed E-state index contributed by atoms with van der Waals surface area (Å²) in [6.45, 7) is 0.736. The third kappa shape index (κ3) is 4.54. The lowest BCUT2D eigenvalue weighted by Crippen LogP contribution is -2.21. The molecule has 0 radical (unpaired) electrons. The molecule has 2 aromatic rings. The minimum Gasteiger partial charge on any atom is -0.387 e. The van der Waals surface area contributed by atoms with Crippen molar-refractivity contribution in [2.75, 3.05) is 6.54 Å². The molecule has 2 N–H and O–H groups in total. The molecule has 0 aliphatic rings. The zero-order chi connectivity index (χ0) is 15.5. The summed E-state index contributed by atoms with van der Waals surface area (Å²) >= 11 is 4.96. The first-order valence-electron chi connectivity index (χ1n) is 6.15. The van der Waals surface area contributed by atoms with Crippen LogP contribution in [-0.2, 0) is 12.7 Å². The molecule has 0 fully saturated rings. The van der Waals surface area contributed by atoms with Gasteiger partial charge in [-0.05, 0) is 45.1 Å². The third-order valence-electron chi connectivity index (χ3n) is 2.91. The highest BCUT2D eigenvalue weighted by Crippen LogP contribution is 2.30. The Kier molecular flexibility index (Phi) is 5.43. The summed E-state index contributed by atoms with van der Waals surface area (Å²) in [7, 11) is 0. The SMILES string of the molecule is OC(CNCc1sccc1Br)c1cccc(C(F)(F)F)c1. The number of halogens is 4. The van der Waals surface area contributed by atoms with Crippen molar-refractivity contribution in [1.29, 1.82) is 0 Å². The van der Waals surface area contributed by atoms with Gasteiger partial charge in [0.25, 0.3) is 0 Å². The van der Waals surface area contributed by atoms with Gasteiger partial charge in [0.05, 0.1) is 11.7 Å². The Hall–Kier alpha value is -0.890. The highest BCUT2D eigenvalue weighted by atomic mass is 79.9. The van der Waals surface area contributed by atoms with Crippen molar-refractivity contribution in [3.05, 3.63) is 56.2 Å². The number of rotatable bonds is 5. The zero-order valence-corrected chi connectivity index (χ0v) is 13.2. The monoisotopic (exact) mass is 379 g/mol. The van der Waals surface area contributed by atoms with E-state index in [2.05, 4.69) is 21.2 Å². The van der Waals surface area contributed by atoms with Gasteiger partial charge < -0.3 is 10.4 Å². The maximum atomic E-state index is 12.6. The Balaban J connectivity index is 1.94.